The molecule has 0 radical (unpaired) electrons. The highest BCUT2D eigenvalue weighted by Gasteiger charge is 2.12. The van der Waals surface area contributed by atoms with Gasteiger partial charge in [0.15, 0.2) is 0 Å². The van der Waals surface area contributed by atoms with E-state index in [0.717, 1.165) is 5.57 Å². The Balaban J connectivity index is 2.56. The Hall–Kier alpha value is -1.68. The molecular weight excluding hydrogens is 221 g/mol. The second-order valence-corrected chi connectivity index (χ2v) is 4.00. The molecule has 3 nitrogen and oxygen atoms in total. The Morgan fingerprint density at radius 2 is 2.12 bits per heavy atom. The Morgan fingerprint density at radius 1 is 1.47 bits per heavy atom. The van der Waals surface area contributed by atoms with E-state index < -0.39 is 11.9 Å². The lowest BCUT2D eigenvalue weighted by Crippen LogP contribution is -2.27. The van der Waals surface area contributed by atoms with E-state index in [2.05, 4.69) is 5.32 Å². The summed E-state index contributed by atoms with van der Waals surface area (Å²) in [5, 5.41) is 12.2. The van der Waals surface area contributed by atoms with Gasteiger partial charge in [-0.15, -0.1) is 0 Å². The molecule has 0 aliphatic heterocycles. The van der Waals surface area contributed by atoms with Gasteiger partial charge in [-0.1, -0.05) is 23.8 Å². The number of aliphatic hydroxyl groups excluding tert-OH is 1. The Morgan fingerprint density at radius 3 is 2.71 bits per heavy atom. The van der Waals surface area contributed by atoms with Crippen LogP contribution in [0.2, 0.25) is 0 Å². The first-order chi connectivity index (χ1) is 8.00. The van der Waals surface area contributed by atoms with E-state index in [9.17, 15) is 14.3 Å². The topological polar surface area (TPSA) is 49.3 Å². The van der Waals surface area contributed by atoms with Crippen LogP contribution in [0.25, 0.3) is 0 Å². The maximum Gasteiger partial charge on any atom is 0.244 e. The van der Waals surface area contributed by atoms with Crippen molar-refractivity contribution < 1.29 is 14.3 Å². The first kappa shape index (κ1) is 13.4. The number of benzene rings is 1. The summed E-state index contributed by atoms with van der Waals surface area (Å²) in [6, 6.07) is 5.95. The molecule has 0 aromatic heterocycles. The molecule has 92 valence electrons. The predicted molar refractivity (Wildman–Crippen MR) is 63.8 cm³/mol. The molecule has 0 spiro atoms. The fourth-order valence-corrected chi connectivity index (χ4v) is 1.37. The maximum atomic E-state index is 13.3. The summed E-state index contributed by atoms with van der Waals surface area (Å²) in [6.45, 7) is 3.59. The molecule has 0 saturated carbocycles. The van der Waals surface area contributed by atoms with Crippen LogP contribution in [0.15, 0.2) is 35.9 Å². The number of aliphatic hydroxyl groups is 1. The fraction of sp³-hybridized carbons (Fsp3) is 0.308. The van der Waals surface area contributed by atoms with Crippen LogP contribution in [0.5, 0.6) is 0 Å². The van der Waals surface area contributed by atoms with Crippen molar-refractivity contribution in [2.75, 3.05) is 6.54 Å². The van der Waals surface area contributed by atoms with Gasteiger partial charge in [0.2, 0.25) is 5.91 Å². The molecule has 1 aromatic carbocycles. The summed E-state index contributed by atoms with van der Waals surface area (Å²) < 4.78 is 13.3. The standard InChI is InChI=1S/C13H16FNO2/c1-9(2)7-13(17)15-8-12(16)10-5-3-4-6-11(10)14/h3-7,12,16H,8H2,1-2H3,(H,15,17). The number of amides is 1. The molecule has 0 bridgehead atoms. The zero-order chi connectivity index (χ0) is 12.8. The highest BCUT2D eigenvalue weighted by molar-refractivity contribution is 5.88. The molecule has 1 atom stereocenters. The quantitative estimate of drug-likeness (QED) is 0.786. The van der Waals surface area contributed by atoms with Crippen LogP contribution in [0.4, 0.5) is 4.39 Å². The molecule has 1 amide bonds. The molecule has 17 heavy (non-hydrogen) atoms. The number of halogens is 1. The summed E-state index contributed by atoms with van der Waals surface area (Å²) in [7, 11) is 0. The molecular formula is C13H16FNO2. The molecule has 0 fully saturated rings. The monoisotopic (exact) mass is 237 g/mol. The molecule has 0 aliphatic carbocycles. The summed E-state index contributed by atoms with van der Waals surface area (Å²) in [5.41, 5.74) is 1.05. The third-order valence-corrected chi connectivity index (χ3v) is 2.15. The van der Waals surface area contributed by atoms with E-state index >= 15 is 0 Å². The average molecular weight is 237 g/mol. The second kappa shape index (κ2) is 6.15. The molecule has 4 heteroatoms. The number of hydrogen-bond acceptors (Lipinski definition) is 2. The third-order valence-electron chi connectivity index (χ3n) is 2.15. The van der Waals surface area contributed by atoms with Crippen LogP contribution < -0.4 is 5.32 Å². The summed E-state index contributed by atoms with van der Waals surface area (Å²) in [5.74, 6) is -0.767. The number of carbonyl (C=O) groups excluding carboxylic acids is 1. The highest BCUT2D eigenvalue weighted by atomic mass is 19.1. The van der Waals surface area contributed by atoms with Gasteiger partial charge in [-0.25, -0.2) is 4.39 Å². The van der Waals surface area contributed by atoms with Crippen molar-refractivity contribution >= 4 is 5.91 Å². The summed E-state index contributed by atoms with van der Waals surface area (Å²) in [6.07, 6.45) is 0.388. The number of nitrogens with one attached hydrogen (secondary N) is 1. The van der Waals surface area contributed by atoms with Crippen LogP contribution in [0.1, 0.15) is 25.5 Å². The largest absolute Gasteiger partial charge is 0.386 e. The highest BCUT2D eigenvalue weighted by Crippen LogP contribution is 2.15. The van der Waals surface area contributed by atoms with Gasteiger partial charge < -0.3 is 10.4 Å². The van der Waals surface area contributed by atoms with Crippen LogP contribution in [0.3, 0.4) is 0 Å². The fourth-order valence-electron chi connectivity index (χ4n) is 1.37. The lowest BCUT2D eigenvalue weighted by atomic mass is 10.1. The predicted octanol–water partition coefficient (Wildman–Crippen LogP) is 1.94. The van der Waals surface area contributed by atoms with Gasteiger partial charge in [-0.05, 0) is 19.9 Å². The van der Waals surface area contributed by atoms with Crippen LogP contribution in [-0.2, 0) is 4.79 Å². The maximum absolute atomic E-state index is 13.3. The number of rotatable bonds is 4. The molecule has 0 saturated heterocycles. The van der Waals surface area contributed by atoms with Crippen molar-refractivity contribution in [3.05, 3.63) is 47.3 Å². The van der Waals surface area contributed by atoms with Gasteiger partial charge >= 0.3 is 0 Å². The van der Waals surface area contributed by atoms with E-state index in [-0.39, 0.29) is 18.0 Å². The van der Waals surface area contributed by atoms with E-state index in [1.807, 2.05) is 0 Å². The van der Waals surface area contributed by atoms with Crippen LogP contribution in [0, 0.1) is 5.82 Å². The number of allylic oxidation sites excluding steroid dienone is 1. The number of hydrogen-bond donors (Lipinski definition) is 2. The Kier molecular flexibility index (Phi) is 4.84. The lowest BCUT2D eigenvalue weighted by Gasteiger charge is -2.12. The molecule has 0 aliphatic rings. The van der Waals surface area contributed by atoms with Gasteiger partial charge in [-0.2, -0.15) is 0 Å². The van der Waals surface area contributed by atoms with Gasteiger partial charge in [-0.3, -0.25) is 4.79 Å². The summed E-state index contributed by atoms with van der Waals surface area (Å²) in [4.78, 5) is 11.3. The molecule has 0 heterocycles. The van der Waals surface area contributed by atoms with E-state index in [0.29, 0.717) is 0 Å². The van der Waals surface area contributed by atoms with Crippen molar-refractivity contribution in [1.29, 1.82) is 0 Å². The second-order valence-electron chi connectivity index (χ2n) is 4.00. The molecule has 1 rings (SSSR count). The molecule has 1 unspecified atom stereocenters. The smallest absolute Gasteiger partial charge is 0.244 e. The first-order valence-electron chi connectivity index (χ1n) is 5.36. The van der Waals surface area contributed by atoms with Crippen molar-refractivity contribution in [1.82, 2.24) is 5.32 Å². The van der Waals surface area contributed by atoms with E-state index in [4.69, 9.17) is 0 Å². The van der Waals surface area contributed by atoms with E-state index in [1.165, 1.54) is 18.2 Å². The third kappa shape index (κ3) is 4.36. The van der Waals surface area contributed by atoms with Gasteiger partial charge in [0, 0.05) is 18.2 Å². The zero-order valence-corrected chi connectivity index (χ0v) is 9.90. The molecule has 1 aromatic rings. The van der Waals surface area contributed by atoms with Crippen LogP contribution >= 0.6 is 0 Å². The lowest BCUT2D eigenvalue weighted by molar-refractivity contribution is -0.117. The molecule has 2 N–H and O–H groups in total. The van der Waals surface area contributed by atoms with E-state index in [1.54, 1.807) is 26.0 Å². The van der Waals surface area contributed by atoms with Crippen molar-refractivity contribution in [2.24, 2.45) is 0 Å². The summed E-state index contributed by atoms with van der Waals surface area (Å²) >= 11 is 0. The zero-order valence-electron chi connectivity index (χ0n) is 9.90. The minimum atomic E-state index is -1.04. The minimum absolute atomic E-state index is 0.0104. The SMILES string of the molecule is CC(C)=CC(=O)NCC(O)c1ccccc1F. The first-order valence-corrected chi connectivity index (χ1v) is 5.36. The van der Waals surface area contributed by atoms with Crippen LogP contribution in [-0.4, -0.2) is 17.6 Å². The van der Waals surface area contributed by atoms with Gasteiger partial charge in [0.1, 0.15) is 5.82 Å². The van der Waals surface area contributed by atoms with Crippen molar-refractivity contribution in [3.8, 4) is 0 Å². The Labute approximate surface area is 100.0 Å². The van der Waals surface area contributed by atoms with Gasteiger partial charge in [0.05, 0.1) is 6.10 Å². The number of carbonyl (C=O) groups is 1. The van der Waals surface area contributed by atoms with Crippen molar-refractivity contribution in [2.45, 2.75) is 20.0 Å². The van der Waals surface area contributed by atoms with Gasteiger partial charge in [0.25, 0.3) is 0 Å². The normalized spacial score (nSPS) is 11.8. The minimum Gasteiger partial charge on any atom is -0.386 e. The Bertz CT molecular complexity index is 425. The van der Waals surface area contributed by atoms with Crippen molar-refractivity contribution in [3.63, 3.8) is 0 Å². The average Bonchev–Trinajstić information content (AvgIpc) is 2.25.